The van der Waals surface area contributed by atoms with Gasteiger partial charge in [0, 0.05) is 31.2 Å². The van der Waals surface area contributed by atoms with Gasteiger partial charge < -0.3 is 16.0 Å². The summed E-state index contributed by atoms with van der Waals surface area (Å²) < 4.78 is 38.4. The fourth-order valence-electron chi connectivity index (χ4n) is 4.31. The van der Waals surface area contributed by atoms with Crippen LogP contribution in [0.5, 0.6) is 0 Å². The van der Waals surface area contributed by atoms with Crippen molar-refractivity contribution in [3.05, 3.63) is 29.8 Å². The highest BCUT2D eigenvalue weighted by Gasteiger charge is 2.34. The fourth-order valence-corrected chi connectivity index (χ4v) is 4.31. The third-order valence-corrected chi connectivity index (χ3v) is 6.01. The summed E-state index contributed by atoms with van der Waals surface area (Å²) in [6, 6.07) is 4.57. The van der Waals surface area contributed by atoms with E-state index in [1.165, 1.54) is 12.1 Å². The summed E-state index contributed by atoms with van der Waals surface area (Å²) >= 11 is 0. The second-order valence-corrected chi connectivity index (χ2v) is 8.15. The molecule has 0 spiro atoms. The minimum atomic E-state index is -4.44. The molecule has 29 heavy (non-hydrogen) atoms. The van der Waals surface area contributed by atoms with E-state index in [-0.39, 0.29) is 41.8 Å². The van der Waals surface area contributed by atoms with Crippen LogP contribution < -0.4 is 11.1 Å². The van der Waals surface area contributed by atoms with Crippen molar-refractivity contribution >= 4 is 17.5 Å². The van der Waals surface area contributed by atoms with Gasteiger partial charge in [-0.25, -0.2) is 0 Å². The van der Waals surface area contributed by atoms with Gasteiger partial charge in [-0.1, -0.05) is 18.9 Å². The van der Waals surface area contributed by atoms with Gasteiger partial charge in [-0.05, 0) is 49.8 Å². The molecule has 0 aromatic heterocycles. The molecule has 2 atom stereocenters. The van der Waals surface area contributed by atoms with Crippen LogP contribution in [0, 0.1) is 11.8 Å². The van der Waals surface area contributed by atoms with Gasteiger partial charge in [0.2, 0.25) is 11.8 Å². The van der Waals surface area contributed by atoms with Crippen LogP contribution in [0.15, 0.2) is 24.3 Å². The molecule has 1 heterocycles. The normalized spacial score (nSPS) is 23.7. The maximum Gasteiger partial charge on any atom is 0.416 e. The summed E-state index contributed by atoms with van der Waals surface area (Å²) in [7, 11) is 0. The van der Waals surface area contributed by atoms with Gasteiger partial charge in [-0.2, -0.15) is 13.2 Å². The number of carbonyl (C=O) groups is 2. The lowest BCUT2D eigenvalue weighted by Crippen LogP contribution is -2.48. The first kappa shape index (κ1) is 21.6. The third kappa shape index (κ3) is 5.72. The van der Waals surface area contributed by atoms with E-state index in [9.17, 15) is 22.8 Å². The van der Waals surface area contributed by atoms with Gasteiger partial charge in [0.15, 0.2) is 0 Å². The molecule has 1 aliphatic carbocycles. The Balaban J connectivity index is 1.47. The number of nitrogens with zero attached hydrogens (tertiary/aromatic N) is 1. The molecule has 1 saturated carbocycles. The minimum Gasteiger partial charge on any atom is -0.342 e. The Morgan fingerprint density at radius 1 is 1.10 bits per heavy atom. The van der Waals surface area contributed by atoms with E-state index < -0.39 is 11.7 Å². The van der Waals surface area contributed by atoms with Crippen LogP contribution in [0.3, 0.4) is 0 Å². The Bertz CT molecular complexity index is 730. The van der Waals surface area contributed by atoms with Gasteiger partial charge in [-0.15, -0.1) is 0 Å². The van der Waals surface area contributed by atoms with Crippen molar-refractivity contribution in [3.63, 3.8) is 0 Å². The molecule has 1 aromatic carbocycles. The molecular weight excluding hydrogens is 383 g/mol. The van der Waals surface area contributed by atoms with Crippen LogP contribution in [-0.4, -0.2) is 35.8 Å². The van der Waals surface area contributed by atoms with Crippen LogP contribution in [0.25, 0.3) is 0 Å². The second-order valence-electron chi connectivity index (χ2n) is 8.15. The summed E-state index contributed by atoms with van der Waals surface area (Å²) in [5, 5.41) is 2.56. The summed E-state index contributed by atoms with van der Waals surface area (Å²) in [4.78, 5) is 26.8. The van der Waals surface area contributed by atoms with Crippen molar-refractivity contribution in [3.8, 4) is 0 Å². The van der Waals surface area contributed by atoms with Crippen molar-refractivity contribution in [2.75, 3.05) is 18.4 Å². The Kier molecular flexibility index (Phi) is 6.82. The molecular formula is C21H28F3N3O2. The van der Waals surface area contributed by atoms with E-state index in [4.69, 9.17) is 5.73 Å². The molecule has 1 saturated heterocycles. The van der Waals surface area contributed by atoms with Crippen LogP contribution in [0.4, 0.5) is 18.9 Å². The Morgan fingerprint density at radius 2 is 1.79 bits per heavy atom. The van der Waals surface area contributed by atoms with Crippen molar-refractivity contribution in [1.82, 2.24) is 4.90 Å². The zero-order chi connectivity index (χ0) is 21.0. The minimum absolute atomic E-state index is 0.0628. The number of likely N-dealkylation sites (tertiary alicyclic amines) is 1. The Hall–Kier alpha value is -2.09. The number of carbonyl (C=O) groups excluding carboxylic acids is 2. The molecule has 5 nitrogen and oxygen atoms in total. The number of benzene rings is 1. The topological polar surface area (TPSA) is 75.4 Å². The number of hydrogen-bond donors (Lipinski definition) is 2. The first-order valence-corrected chi connectivity index (χ1v) is 10.3. The van der Waals surface area contributed by atoms with Crippen molar-refractivity contribution in [2.24, 2.45) is 17.6 Å². The van der Waals surface area contributed by atoms with Crippen LogP contribution in [0.2, 0.25) is 0 Å². The summed E-state index contributed by atoms with van der Waals surface area (Å²) in [5.74, 6) is -0.151. The fraction of sp³-hybridized carbons (Fsp3) is 0.619. The monoisotopic (exact) mass is 411 g/mol. The van der Waals surface area contributed by atoms with Crippen molar-refractivity contribution < 1.29 is 22.8 Å². The van der Waals surface area contributed by atoms with Gasteiger partial charge in [0.25, 0.3) is 0 Å². The molecule has 0 unspecified atom stereocenters. The van der Waals surface area contributed by atoms with Gasteiger partial charge in [0.05, 0.1) is 11.5 Å². The molecule has 160 valence electrons. The molecule has 0 radical (unpaired) electrons. The highest BCUT2D eigenvalue weighted by Crippen LogP contribution is 2.31. The molecule has 2 fully saturated rings. The number of halogens is 3. The number of amides is 2. The van der Waals surface area contributed by atoms with Crippen molar-refractivity contribution in [1.29, 1.82) is 0 Å². The molecule has 1 aromatic rings. The van der Waals surface area contributed by atoms with Gasteiger partial charge in [0.1, 0.15) is 0 Å². The van der Waals surface area contributed by atoms with E-state index >= 15 is 0 Å². The van der Waals surface area contributed by atoms with Crippen LogP contribution in [-0.2, 0) is 15.8 Å². The Morgan fingerprint density at radius 3 is 2.45 bits per heavy atom. The highest BCUT2D eigenvalue weighted by molar-refractivity contribution is 5.91. The van der Waals surface area contributed by atoms with E-state index in [2.05, 4.69) is 5.32 Å². The molecule has 3 N–H and O–H groups in total. The Labute approximate surface area is 168 Å². The van der Waals surface area contributed by atoms with E-state index in [1.807, 2.05) is 4.90 Å². The van der Waals surface area contributed by atoms with E-state index in [0.717, 1.165) is 37.8 Å². The molecule has 2 amide bonds. The lowest BCUT2D eigenvalue weighted by molar-refractivity contribution is -0.139. The van der Waals surface area contributed by atoms with Crippen LogP contribution >= 0.6 is 0 Å². The number of nitrogens with two attached hydrogens (primary N) is 1. The largest absolute Gasteiger partial charge is 0.416 e. The number of nitrogens with one attached hydrogen (secondary N) is 1. The van der Waals surface area contributed by atoms with Crippen LogP contribution in [0.1, 0.15) is 50.5 Å². The lowest BCUT2D eigenvalue weighted by Gasteiger charge is -2.37. The number of piperidine rings is 1. The van der Waals surface area contributed by atoms with Crippen molar-refractivity contribution in [2.45, 2.75) is 57.2 Å². The average molecular weight is 411 g/mol. The lowest BCUT2D eigenvalue weighted by atomic mass is 9.83. The first-order chi connectivity index (χ1) is 13.7. The molecule has 3 rings (SSSR count). The summed E-state index contributed by atoms with van der Waals surface area (Å²) in [6.07, 6.45) is 1.07. The zero-order valence-electron chi connectivity index (χ0n) is 16.4. The summed E-state index contributed by atoms with van der Waals surface area (Å²) in [5.41, 5.74) is 5.47. The average Bonchev–Trinajstić information content (AvgIpc) is 2.68. The molecule has 0 bridgehead atoms. The van der Waals surface area contributed by atoms with E-state index in [0.29, 0.717) is 25.9 Å². The second kappa shape index (κ2) is 9.15. The predicted molar refractivity (Wildman–Crippen MR) is 104 cm³/mol. The van der Waals surface area contributed by atoms with Gasteiger partial charge in [-0.3, -0.25) is 9.59 Å². The molecule has 1 aliphatic heterocycles. The summed E-state index contributed by atoms with van der Waals surface area (Å²) in [6.45, 7) is 1.20. The molecule has 8 heteroatoms. The number of rotatable bonds is 4. The number of alkyl halides is 3. The SMILES string of the molecule is N[C@@H]1CCCC[C@H]1C(=O)N1CCC(CC(=O)Nc2cccc(C(F)(F)F)c2)CC1. The quantitative estimate of drug-likeness (QED) is 0.792. The van der Waals surface area contributed by atoms with Gasteiger partial charge >= 0.3 is 6.18 Å². The predicted octanol–water partition coefficient (Wildman–Crippen LogP) is 3.79. The third-order valence-electron chi connectivity index (χ3n) is 6.01. The maximum absolute atomic E-state index is 12.8. The maximum atomic E-state index is 12.8. The molecule has 2 aliphatic rings. The number of anilines is 1. The smallest absolute Gasteiger partial charge is 0.342 e. The highest BCUT2D eigenvalue weighted by atomic mass is 19.4. The zero-order valence-corrected chi connectivity index (χ0v) is 16.4. The number of hydrogen-bond acceptors (Lipinski definition) is 3. The van der Waals surface area contributed by atoms with E-state index in [1.54, 1.807) is 0 Å². The first-order valence-electron chi connectivity index (χ1n) is 10.3. The standard InChI is InChI=1S/C21H28F3N3O2/c22-21(23,24)15-4-3-5-16(13-15)26-19(28)12-14-8-10-27(11-9-14)20(29)17-6-1-2-7-18(17)25/h3-5,13-14,17-18H,1-2,6-12,25H2,(H,26,28)/t17-,18-/m1/s1.